The summed E-state index contributed by atoms with van der Waals surface area (Å²) >= 11 is 0. The van der Waals surface area contributed by atoms with E-state index < -0.39 is 5.97 Å². The number of benzene rings is 1. The van der Waals surface area contributed by atoms with E-state index in [1.54, 1.807) is 12.1 Å². The minimum Gasteiger partial charge on any atom is -0.478 e. The van der Waals surface area contributed by atoms with E-state index in [9.17, 15) is 14.7 Å². The molecule has 0 unspecified atom stereocenters. The summed E-state index contributed by atoms with van der Waals surface area (Å²) < 4.78 is 0. The van der Waals surface area contributed by atoms with Crippen LogP contribution in [0.5, 0.6) is 0 Å². The largest absolute Gasteiger partial charge is 0.478 e. The van der Waals surface area contributed by atoms with Gasteiger partial charge in [-0.1, -0.05) is 18.2 Å². The van der Waals surface area contributed by atoms with Crippen molar-refractivity contribution in [3.63, 3.8) is 0 Å². The molecule has 9 heteroatoms. The molecule has 0 atom stereocenters. The van der Waals surface area contributed by atoms with Crippen LogP contribution in [-0.2, 0) is 6.54 Å². The lowest BCUT2D eigenvalue weighted by molar-refractivity contribution is -0.116. The highest BCUT2D eigenvalue weighted by atomic mass is 16.4. The number of H-pyrrole nitrogens is 1. The van der Waals surface area contributed by atoms with Gasteiger partial charge in [0, 0.05) is 68.5 Å². The highest BCUT2D eigenvalue weighted by Crippen LogP contribution is 2.56. The Hall–Kier alpha value is -2.94. The monoisotopic (exact) mass is 462 g/mol. The summed E-state index contributed by atoms with van der Waals surface area (Å²) in [5, 5.41) is 18.1. The van der Waals surface area contributed by atoms with Crippen LogP contribution < -0.4 is 0 Å². The molecule has 2 spiro atoms. The number of carboxylic acids is 1. The maximum Gasteiger partial charge on any atom is 0.336 e. The normalized spacial score (nSPS) is 24.9. The number of aromatic carboxylic acids is 1. The molecular weight excluding hydrogens is 432 g/mol. The van der Waals surface area contributed by atoms with Crippen molar-refractivity contribution in [3.05, 3.63) is 47.0 Å². The Kier molecular flexibility index (Phi) is 4.23. The number of carbonyl (C=O) groups excluding carboxylic acids is 1. The molecule has 0 radical (unpaired) electrons. The van der Waals surface area contributed by atoms with Gasteiger partial charge < -0.3 is 19.9 Å². The molecule has 2 N–H and O–H groups in total. The number of rotatable bonds is 5. The minimum atomic E-state index is -0.875. The Labute approximate surface area is 198 Å². The zero-order valence-corrected chi connectivity index (χ0v) is 19.2. The molecule has 2 aliphatic carbocycles. The average Bonchev–Trinajstić information content (AvgIpc) is 3.44. The lowest BCUT2D eigenvalue weighted by Gasteiger charge is -2.63. The molecule has 3 aliphatic heterocycles. The molecule has 2 aromatic rings. The predicted molar refractivity (Wildman–Crippen MR) is 122 cm³/mol. The molecule has 0 bridgehead atoms. The highest BCUT2D eigenvalue weighted by molar-refractivity contribution is 5.89. The van der Waals surface area contributed by atoms with Crippen LogP contribution in [0.2, 0.25) is 0 Å². The smallest absolute Gasteiger partial charge is 0.336 e. The van der Waals surface area contributed by atoms with Crippen LogP contribution in [0.4, 0.5) is 4.79 Å². The lowest BCUT2D eigenvalue weighted by Crippen LogP contribution is -2.75. The van der Waals surface area contributed by atoms with Crippen molar-refractivity contribution in [1.29, 1.82) is 0 Å². The van der Waals surface area contributed by atoms with Crippen molar-refractivity contribution >= 4 is 12.0 Å². The highest BCUT2D eigenvalue weighted by Gasteiger charge is 2.58. The fourth-order valence-electron chi connectivity index (χ4n) is 6.77. The van der Waals surface area contributed by atoms with Gasteiger partial charge in [-0.25, -0.2) is 9.59 Å². The number of carbonyl (C=O) groups is 2. The number of likely N-dealkylation sites (tertiary alicyclic amines) is 3. The van der Waals surface area contributed by atoms with E-state index in [2.05, 4.69) is 20.1 Å². The molecule has 1 aromatic heterocycles. The van der Waals surface area contributed by atoms with Crippen LogP contribution >= 0.6 is 0 Å². The first kappa shape index (κ1) is 20.4. The van der Waals surface area contributed by atoms with Gasteiger partial charge in [0.15, 0.2) is 0 Å². The van der Waals surface area contributed by atoms with Gasteiger partial charge in [0.05, 0.1) is 5.56 Å². The van der Waals surface area contributed by atoms with Crippen LogP contribution in [-0.4, -0.2) is 86.3 Å². The zero-order chi connectivity index (χ0) is 23.1. The quantitative estimate of drug-likeness (QED) is 0.707. The number of aromatic amines is 1. The fraction of sp³-hybridized carbons (Fsp3) is 0.600. The molecule has 1 aromatic carbocycles. The van der Waals surface area contributed by atoms with E-state index in [-0.39, 0.29) is 11.4 Å². The topological polar surface area (TPSA) is 106 Å². The van der Waals surface area contributed by atoms with Crippen LogP contribution in [0.1, 0.15) is 65.1 Å². The zero-order valence-electron chi connectivity index (χ0n) is 19.2. The van der Waals surface area contributed by atoms with E-state index in [1.165, 1.54) is 12.8 Å². The molecule has 34 heavy (non-hydrogen) atoms. The van der Waals surface area contributed by atoms with Gasteiger partial charge in [-0.05, 0) is 37.3 Å². The van der Waals surface area contributed by atoms with Gasteiger partial charge in [-0.2, -0.15) is 0 Å². The number of aromatic nitrogens is 3. The summed E-state index contributed by atoms with van der Waals surface area (Å²) in [6, 6.07) is 7.40. The summed E-state index contributed by atoms with van der Waals surface area (Å²) in [5.41, 5.74) is 1.73. The third-order valence-electron chi connectivity index (χ3n) is 8.64. The third-order valence-corrected chi connectivity index (χ3v) is 8.64. The lowest BCUT2D eigenvalue weighted by atomic mass is 9.57. The summed E-state index contributed by atoms with van der Waals surface area (Å²) in [5.74, 6) is 2.31. The maximum atomic E-state index is 12.9. The Balaban J connectivity index is 0.861. The number of nitrogens with one attached hydrogen (secondary N) is 1. The van der Waals surface area contributed by atoms with Gasteiger partial charge in [0.25, 0.3) is 0 Å². The van der Waals surface area contributed by atoms with Crippen LogP contribution in [0.15, 0.2) is 24.3 Å². The van der Waals surface area contributed by atoms with Crippen molar-refractivity contribution in [3.8, 4) is 0 Å². The van der Waals surface area contributed by atoms with Crippen molar-refractivity contribution in [1.82, 2.24) is 29.9 Å². The Morgan fingerprint density at radius 3 is 2.18 bits per heavy atom. The molecule has 4 heterocycles. The second-order valence-electron chi connectivity index (χ2n) is 11.6. The third kappa shape index (κ3) is 3.24. The first-order chi connectivity index (χ1) is 16.4. The molecule has 9 nitrogen and oxygen atoms in total. The van der Waals surface area contributed by atoms with E-state index in [4.69, 9.17) is 0 Å². The molecule has 2 amide bonds. The van der Waals surface area contributed by atoms with Gasteiger partial charge >= 0.3 is 12.0 Å². The van der Waals surface area contributed by atoms with E-state index >= 15 is 0 Å². The molecule has 178 valence electrons. The summed E-state index contributed by atoms with van der Waals surface area (Å²) in [6.45, 7) is 5.88. The van der Waals surface area contributed by atoms with Gasteiger partial charge in [0.1, 0.15) is 11.6 Å². The molecule has 3 saturated heterocycles. The van der Waals surface area contributed by atoms with Crippen molar-refractivity contribution in [2.75, 3.05) is 39.3 Å². The predicted octanol–water partition coefficient (Wildman–Crippen LogP) is 2.50. The van der Waals surface area contributed by atoms with Gasteiger partial charge in [-0.3, -0.25) is 4.90 Å². The van der Waals surface area contributed by atoms with E-state index in [1.807, 2.05) is 21.9 Å². The molecule has 2 saturated carbocycles. The first-order valence-electron chi connectivity index (χ1n) is 12.4. The number of hydrogen-bond donors (Lipinski definition) is 2. The van der Waals surface area contributed by atoms with Crippen molar-refractivity contribution in [2.24, 2.45) is 10.8 Å². The second kappa shape index (κ2) is 7.04. The molecule has 7 rings (SSSR count). The average molecular weight is 463 g/mol. The van der Waals surface area contributed by atoms with Crippen molar-refractivity contribution < 1.29 is 14.7 Å². The Bertz CT molecular complexity index is 1140. The number of amides is 2. The Morgan fingerprint density at radius 2 is 1.53 bits per heavy atom. The van der Waals surface area contributed by atoms with Crippen LogP contribution in [0.25, 0.3) is 0 Å². The van der Waals surface area contributed by atoms with Gasteiger partial charge in [-0.15, -0.1) is 10.2 Å². The maximum absolute atomic E-state index is 12.9. The molecular formula is C25H30N6O3. The summed E-state index contributed by atoms with van der Waals surface area (Å²) in [7, 11) is 0. The SMILES string of the molecule is O=C(O)c1ccccc1CN1CC2(C1)CN(C(=O)N1CC3(CC(c4nnc(C5CC5)[nH]4)C3)C1)C2. The molecule has 5 fully saturated rings. The minimum absolute atomic E-state index is 0.185. The summed E-state index contributed by atoms with van der Waals surface area (Å²) in [4.78, 5) is 34.1. The summed E-state index contributed by atoms with van der Waals surface area (Å²) in [6.07, 6.45) is 4.67. The standard InChI is InChI=1S/C25H30N6O3/c32-22(33)19-4-2-1-3-17(19)9-29-10-25(11-29)14-31(15-25)23(34)30-12-24(13-30)7-18(8-24)21-26-20(27-28-21)16-5-6-16/h1-4,16,18H,5-15H2,(H,32,33)(H,26,27,28). The van der Waals surface area contributed by atoms with Crippen molar-refractivity contribution in [2.45, 2.75) is 44.1 Å². The van der Waals surface area contributed by atoms with E-state index in [0.717, 1.165) is 69.3 Å². The second-order valence-corrected chi connectivity index (χ2v) is 11.6. The number of carboxylic acid groups (broad SMARTS) is 1. The van der Waals surface area contributed by atoms with Crippen LogP contribution in [0.3, 0.4) is 0 Å². The number of urea groups is 1. The fourth-order valence-corrected chi connectivity index (χ4v) is 6.77. The number of nitrogens with zero attached hydrogens (tertiary/aromatic N) is 5. The first-order valence-corrected chi connectivity index (χ1v) is 12.4. The van der Waals surface area contributed by atoms with Gasteiger partial charge in [0.2, 0.25) is 0 Å². The van der Waals surface area contributed by atoms with E-state index in [0.29, 0.717) is 29.4 Å². The molecule has 5 aliphatic rings. The van der Waals surface area contributed by atoms with Crippen LogP contribution in [0, 0.1) is 10.8 Å². The number of hydrogen-bond acceptors (Lipinski definition) is 5. The Morgan fingerprint density at radius 1 is 0.912 bits per heavy atom.